The molecule has 0 saturated carbocycles. The van der Waals surface area contributed by atoms with Crippen LogP contribution in [0.5, 0.6) is 0 Å². The summed E-state index contributed by atoms with van der Waals surface area (Å²) in [4.78, 5) is 16.2. The van der Waals surface area contributed by atoms with Gasteiger partial charge < -0.3 is 15.1 Å². The summed E-state index contributed by atoms with van der Waals surface area (Å²) in [6.45, 7) is 2.11. The molecule has 0 spiro atoms. The van der Waals surface area contributed by atoms with Gasteiger partial charge in [0.1, 0.15) is 5.69 Å². The Balaban J connectivity index is 0.00000161. The highest BCUT2D eigenvalue weighted by Crippen LogP contribution is 2.25. The molecular formula is C14H18ClN3O2S. The number of hydrogen-bond donors (Lipinski definition) is 2. The maximum absolute atomic E-state index is 11.9. The van der Waals surface area contributed by atoms with Crippen LogP contribution in [0.25, 0.3) is 11.5 Å². The number of hydrogen-bond acceptors (Lipinski definition) is 5. The summed E-state index contributed by atoms with van der Waals surface area (Å²) in [6.07, 6.45) is 4.28. The first-order chi connectivity index (χ1) is 9.81. The van der Waals surface area contributed by atoms with E-state index in [0.29, 0.717) is 17.5 Å². The van der Waals surface area contributed by atoms with Crippen molar-refractivity contribution < 1.29 is 9.21 Å². The second kappa shape index (κ2) is 7.59. The Kier molecular flexibility index (Phi) is 5.78. The molecule has 0 aromatic carbocycles. The SMILES string of the molecule is Cl.O=C(CCC1CCNC1)Nc1nc(-c2ccco2)cs1. The molecule has 21 heavy (non-hydrogen) atoms. The second-order valence-electron chi connectivity index (χ2n) is 4.96. The van der Waals surface area contributed by atoms with Crippen molar-refractivity contribution in [1.82, 2.24) is 10.3 Å². The summed E-state index contributed by atoms with van der Waals surface area (Å²) in [5.41, 5.74) is 0.760. The molecule has 2 aromatic rings. The summed E-state index contributed by atoms with van der Waals surface area (Å²) in [7, 11) is 0. The van der Waals surface area contributed by atoms with E-state index < -0.39 is 0 Å². The zero-order chi connectivity index (χ0) is 13.8. The van der Waals surface area contributed by atoms with Gasteiger partial charge in [-0.2, -0.15) is 0 Å². The highest BCUT2D eigenvalue weighted by atomic mass is 35.5. The van der Waals surface area contributed by atoms with Gasteiger partial charge in [0, 0.05) is 11.8 Å². The van der Waals surface area contributed by atoms with E-state index in [1.807, 2.05) is 17.5 Å². The molecule has 3 heterocycles. The van der Waals surface area contributed by atoms with Crippen molar-refractivity contribution >= 4 is 34.8 Å². The Morgan fingerprint density at radius 3 is 3.19 bits per heavy atom. The van der Waals surface area contributed by atoms with Gasteiger partial charge in [-0.15, -0.1) is 23.7 Å². The van der Waals surface area contributed by atoms with Crippen LogP contribution in [0.2, 0.25) is 0 Å². The maximum Gasteiger partial charge on any atom is 0.226 e. The number of furan rings is 1. The smallest absolute Gasteiger partial charge is 0.226 e. The third kappa shape index (κ3) is 4.30. The van der Waals surface area contributed by atoms with Gasteiger partial charge in [0.25, 0.3) is 0 Å². The zero-order valence-corrected chi connectivity index (χ0v) is 13.1. The van der Waals surface area contributed by atoms with Gasteiger partial charge in [0.15, 0.2) is 10.9 Å². The Morgan fingerprint density at radius 1 is 1.57 bits per heavy atom. The average molecular weight is 328 g/mol. The lowest BCUT2D eigenvalue weighted by Crippen LogP contribution is -2.14. The molecule has 1 fully saturated rings. The van der Waals surface area contributed by atoms with Crippen LogP contribution in [0.15, 0.2) is 28.2 Å². The van der Waals surface area contributed by atoms with Crippen LogP contribution in [0.3, 0.4) is 0 Å². The van der Waals surface area contributed by atoms with Crippen molar-refractivity contribution in [3.63, 3.8) is 0 Å². The number of nitrogens with zero attached hydrogens (tertiary/aromatic N) is 1. The number of aromatic nitrogens is 1. The predicted molar refractivity (Wildman–Crippen MR) is 85.9 cm³/mol. The van der Waals surface area contributed by atoms with Crippen molar-refractivity contribution in [2.75, 3.05) is 18.4 Å². The van der Waals surface area contributed by atoms with E-state index in [9.17, 15) is 4.79 Å². The standard InChI is InChI=1S/C14H17N3O2S.ClH/c18-13(4-3-10-5-6-15-8-10)17-14-16-11(9-20-14)12-2-1-7-19-12;/h1-2,7,9-10,15H,3-6,8H2,(H,16,17,18);1H. The monoisotopic (exact) mass is 327 g/mol. The number of nitrogens with one attached hydrogen (secondary N) is 2. The van der Waals surface area contributed by atoms with Crippen LogP contribution in [-0.4, -0.2) is 24.0 Å². The summed E-state index contributed by atoms with van der Waals surface area (Å²) in [5.74, 6) is 1.40. The summed E-state index contributed by atoms with van der Waals surface area (Å²) in [6, 6.07) is 3.68. The lowest BCUT2D eigenvalue weighted by atomic mass is 10.0. The van der Waals surface area contributed by atoms with E-state index in [1.54, 1.807) is 6.26 Å². The highest BCUT2D eigenvalue weighted by molar-refractivity contribution is 7.14. The molecule has 2 aromatic heterocycles. The van der Waals surface area contributed by atoms with Crippen LogP contribution in [0.4, 0.5) is 5.13 Å². The fourth-order valence-corrected chi connectivity index (χ4v) is 3.06. The van der Waals surface area contributed by atoms with Crippen LogP contribution >= 0.6 is 23.7 Å². The Morgan fingerprint density at radius 2 is 2.48 bits per heavy atom. The summed E-state index contributed by atoms with van der Waals surface area (Å²) in [5, 5.41) is 8.68. The molecule has 3 rings (SSSR count). The molecule has 5 nitrogen and oxygen atoms in total. The number of halogens is 1. The van der Waals surface area contributed by atoms with Gasteiger partial charge in [-0.3, -0.25) is 4.79 Å². The van der Waals surface area contributed by atoms with Crippen LogP contribution < -0.4 is 10.6 Å². The van der Waals surface area contributed by atoms with Crippen molar-refractivity contribution in [3.05, 3.63) is 23.8 Å². The Labute approximate surface area is 133 Å². The quantitative estimate of drug-likeness (QED) is 0.885. The molecule has 1 atom stereocenters. The van der Waals surface area contributed by atoms with Crippen molar-refractivity contribution in [2.24, 2.45) is 5.92 Å². The molecule has 2 N–H and O–H groups in total. The van der Waals surface area contributed by atoms with Gasteiger partial charge in [0.2, 0.25) is 5.91 Å². The molecule has 1 aliphatic rings. The average Bonchev–Trinajstić information content (AvgIpc) is 3.18. The summed E-state index contributed by atoms with van der Waals surface area (Å²) < 4.78 is 5.28. The van der Waals surface area contributed by atoms with Crippen molar-refractivity contribution in [1.29, 1.82) is 0 Å². The van der Waals surface area contributed by atoms with Gasteiger partial charge in [-0.25, -0.2) is 4.98 Å². The third-order valence-corrected chi connectivity index (χ3v) is 4.22. The largest absolute Gasteiger partial charge is 0.463 e. The van der Waals surface area contributed by atoms with E-state index in [4.69, 9.17) is 4.42 Å². The van der Waals surface area contributed by atoms with Crippen LogP contribution in [-0.2, 0) is 4.79 Å². The van der Waals surface area contributed by atoms with E-state index in [2.05, 4.69) is 15.6 Å². The highest BCUT2D eigenvalue weighted by Gasteiger charge is 2.16. The molecule has 7 heteroatoms. The first-order valence-electron chi connectivity index (χ1n) is 6.81. The number of carbonyl (C=O) groups excluding carboxylic acids is 1. The fraction of sp³-hybridized carbons (Fsp3) is 0.429. The van der Waals surface area contributed by atoms with Crippen LogP contribution in [0, 0.1) is 5.92 Å². The van der Waals surface area contributed by atoms with E-state index >= 15 is 0 Å². The fourth-order valence-electron chi connectivity index (χ4n) is 2.35. The maximum atomic E-state index is 11.9. The molecule has 1 aliphatic heterocycles. The molecule has 1 saturated heterocycles. The second-order valence-corrected chi connectivity index (χ2v) is 5.82. The van der Waals surface area contributed by atoms with E-state index in [1.165, 1.54) is 17.8 Å². The Hall–Kier alpha value is -1.37. The van der Waals surface area contributed by atoms with Gasteiger partial charge in [0.05, 0.1) is 6.26 Å². The minimum Gasteiger partial charge on any atom is -0.463 e. The third-order valence-electron chi connectivity index (χ3n) is 3.47. The Bertz CT molecular complexity index is 565. The van der Waals surface area contributed by atoms with Gasteiger partial charge in [-0.1, -0.05) is 0 Å². The molecule has 0 aliphatic carbocycles. The molecule has 1 amide bonds. The molecule has 114 valence electrons. The predicted octanol–water partition coefficient (Wildman–Crippen LogP) is 3.15. The molecule has 1 unspecified atom stereocenters. The minimum absolute atomic E-state index is 0. The molecular weight excluding hydrogens is 310 g/mol. The topological polar surface area (TPSA) is 67.2 Å². The first kappa shape index (κ1) is 16.0. The first-order valence-corrected chi connectivity index (χ1v) is 7.69. The lowest BCUT2D eigenvalue weighted by Gasteiger charge is -2.06. The lowest BCUT2D eigenvalue weighted by molar-refractivity contribution is -0.116. The van der Waals surface area contributed by atoms with Gasteiger partial charge >= 0.3 is 0 Å². The number of rotatable bonds is 5. The zero-order valence-electron chi connectivity index (χ0n) is 11.5. The van der Waals surface area contributed by atoms with Crippen LogP contribution in [0.1, 0.15) is 19.3 Å². The number of carbonyl (C=O) groups is 1. The summed E-state index contributed by atoms with van der Waals surface area (Å²) >= 11 is 1.42. The number of anilines is 1. The number of thiazole rings is 1. The van der Waals surface area contributed by atoms with Crippen molar-refractivity contribution in [3.8, 4) is 11.5 Å². The minimum atomic E-state index is 0. The van der Waals surface area contributed by atoms with E-state index in [-0.39, 0.29) is 18.3 Å². The van der Waals surface area contributed by atoms with E-state index in [0.717, 1.165) is 31.0 Å². The molecule has 0 radical (unpaired) electrons. The number of amides is 1. The normalized spacial score (nSPS) is 17.4. The molecule has 0 bridgehead atoms. The van der Waals surface area contributed by atoms with Crippen molar-refractivity contribution in [2.45, 2.75) is 19.3 Å². The van der Waals surface area contributed by atoms with Gasteiger partial charge in [-0.05, 0) is 44.0 Å².